The van der Waals surface area contributed by atoms with Crippen molar-refractivity contribution in [2.45, 2.75) is 19.3 Å². The topological polar surface area (TPSA) is 32.9 Å². The van der Waals surface area contributed by atoms with Crippen molar-refractivity contribution < 1.29 is 4.79 Å². The molecule has 3 rings (SSSR count). The summed E-state index contributed by atoms with van der Waals surface area (Å²) in [4.78, 5) is 14.8. The van der Waals surface area contributed by atoms with E-state index >= 15 is 0 Å². The normalized spacial score (nSPS) is 35.8. The molecule has 68 valence electrons. The zero-order valence-corrected chi connectivity index (χ0v) is 7.49. The zero-order chi connectivity index (χ0) is 8.84. The average Bonchev–Trinajstić information content (AvgIpc) is 2.63. The van der Waals surface area contributed by atoms with Gasteiger partial charge in [0.2, 0.25) is 0 Å². The number of aromatic nitrogens is 1. The Morgan fingerprint density at radius 3 is 2.69 bits per heavy atom. The van der Waals surface area contributed by atoms with Gasteiger partial charge in [0.05, 0.1) is 5.69 Å². The van der Waals surface area contributed by atoms with Crippen LogP contribution in [0.2, 0.25) is 0 Å². The van der Waals surface area contributed by atoms with Crippen LogP contribution in [0.5, 0.6) is 0 Å². The molecule has 0 spiro atoms. The fraction of sp³-hybridized carbons (Fsp3) is 0.545. The molecule has 2 saturated carbocycles. The molecule has 2 fully saturated rings. The van der Waals surface area contributed by atoms with Gasteiger partial charge >= 0.3 is 0 Å². The quantitative estimate of drug-likeness (QED) is 0.687. The fourth-order valence-electron chi connectivity index (χ4n) is 2.63. The number of rotatable bonds is 2. The van der Waals surface area contributed by atoms with Gasteiger partial charge in [-0.2, -0.15) is 0 Å². The van der Waals surface area contributed by atoms with Gasteiger partial charge in [0.25, 0.3) is 0 Å². The third-order valence-electron chi connectivity index (χ3n) is 3.48. The van der Waals surface area contributed by atoms with E-state index in [0.29, 0.717) is 11.7 Å². The van der Waals surface area contributed by atoms with Crippen LogP contribution >= 0.6 is 0 Å². The van der Waals surface area contributed by atoms with E-state index < -0.39 is 0 Å². The molecule has 1 N–H and O–H groups in total. The lowest BCUT2D eigenvalue weighted by atomic mass is 9.96. The Balaban J connectivity index is 1.75. The maximum absolute atomic E-state index is 11.8. The SMILES string of the molecule is O=C(c1ccc[nH]1)C1CC2CC2C1. The Bertz CT molecular complexity index is 318. The summed E-state index contributed by atoms with van der Waals surface area (Å²) in [6, 6.07) is 3.77. The number of hydrogen-bond acceptors (Lipinski definition) is 1. The van der Waals surface area contributed by atoms with E-state index in [1.54, 1.807) is 0 Å². The molecule has 1 heterocycles. The van der Waals surface area contributed by atoms with Crippen molar-refractivity contribution in [1.82, 2.24) is 4.98 Å². The van der Waals surface area contributed by atoms with E-state index in [-0.39, 0.29) is 0 Å². The highest BCUT2D eigenvalue weighted by molar-refractivity contribution is 5.96. The van der Waals surface area contributed by atoms with Gasteiger partial charge in [0.1, 0.15) is 0 Å². The summed E-state index contributed by atoms with van der Waals surface area (Å²) in [6.07, 6.45) is 5.49. The number of aromatic amines is 1. The largest absolute Gasteiger partial charge is 0.359 e. The molecular formula is C11H13NO. The molecule has 2 atom stereocenters. The summed E-state index contributed by atoms with van der Waals surface area (Å²) in [6.45, 7) is 0. The van der Waals surface area contributed by atoms with Crippen LogP contribution in [0.4, 0.5) is 0 Å². The Kier molecular flexibility index (Phi) is 1.40. The van der Waals surface area contributed by atoms with Gasteiger partial charge in [-0.1, -0.05) is 0 Å². The molecule has 0 bridgehead atoms. The minimum absolute atomic E-state index is 0.322. The summed E-state index contributed by atoms with van der Waals surface area (Å²) in [5.74, 6) is 2.44. The molecular weight excluding hydrogens is 162 g/mol. The van der Waals surface area contributed by atoms with Crippen molar-refractivity contribution in [3.05, 3.63) is 24.0 Å². The van der Waals surface area contributed by atoms with Gasteiger partial charge in [-0.05, 0) is 43.2 Å². The number of fused-ring (bicyclic) bond motifs is 1. The van der Waals surface area contributed by atoms with Crippen LogP contribution in [0.25, 0.3) is 0 Å². The summed E-state index contributed by atoms with van der Waals surface area (Å²) in [5, 5.41) is 0. The molecule has 2 aliphatic carbocycles. The highest BCUT2D eigenvalue weighted by Crippen LogP contribution is 2.54. The van der Waals surface area contributed by atoms with E-state index in [1.807, 2.05) is 18.3 Å². The number of nitrogens with one attached hydrogen (secondary N) is 1. The van der Waals surface area contributed by atoms with Crippen molar-refractivity contribution >= 4 is 5.78 Å². The lowest BCUT2D eigenvalue weighted by Crippen LogP contribution is -2.13. The monoisotopic (exact) mass is 175 g/mol. The average molecular weight is 175 g/mol. The van der Waals surface area contributed by atoms with Gasteiger partial charge in [-0.3, -0.25) is 4.79 Å². The van der Waals surface area contributed by atoms with Crippen LogP contribution in [0, 0.1) is 17.8 Å². The van der Waals surface area contributed by atoms with E-state index in [0.717, 1.165) is 30.4 Å². The maximum atomic E-state index is 11.8. The van der Waals surface area contributed by atoms with Gasteiger partial charge in [-0.15, -0.1) is 0 Å². The molecule has 1 aromatic rings. The number of H-pyrrole nitrogens is 1. The third kappa shape index (κ3) is 1.12. The fourth-order valence-corrected chi connectivity index (χ4v) is 2.63. The van der Waals surface area contributed by atoms with Crippen LogP contribution in [-0.4, -0.2) is 10.8 Å². The van der Waals surface area contributed by atoms with E-state index in [2.05, 4.69) is 4.98 Å². The molecule has 2 nitrogen and oxygen atoms in total. The van der Waals surface area contributed by atoms with Gasteiger partial charge < -0.3 is 4.98 Å². The second-order valence-corrected chi connectivity index (χ2v) is 4.37. The van der Waals surface area contributed by atoms with Crippen molar-refractivity contribution in [2.75, 3.05) is 0 Å². The predicted octanol–water partition coefficient (Wildman–Crippen LogP) is 2.24. The summed E-state index contributed by atoms with van der Waals surface area (Å²) < 4.78 is 0. The first kappa shape index (κ1) is 7.36. The molecule has 0 amide bonds. The number of Topliss-reactive ketones (excluding diaryl/α,β-unsaturated/α-hetero) is 1. The number of carbonyl (C=O) groups excluding carboxylic acids is 1. The van der Waals surface area contributed by atoms with E-state index in [1.165, 1.54) is 6.42 Å². The zero-order valence-electron chi connectivity index (χ0n) is 7.49. The number of ketones is 1. The van der Waals surface area contributed by atoms with Crippen LogP contribution in [-0.2, 0) is 0 Å². The molecule has 2 heteroatoms. The van der Waals surface area contributed by atoms with Crippen molar-refractivity contribution in [2.24, 2.45) is 17.8 Å². The lowest BCUT2D eigenvalue weighted by Gasteiger charge is -2.08. The first-order valence-corrected chi connectivity index (χ1v) is 5.02. The highest BCUT2D eigenvalue weighted by atomic mass is 16.1. The Hall–Kier alpha value is -1.05. The van der Waals surface area contributed by atoms with E-state index in [9.17, 15) is 4.79 Å². The lowest BCUT2D eigenvalue weighted by molar-refractivity contribution is 0.0910. The van der Waals surface area contributed by atoms with Gasteiger partial charge in [0.15, 0.2) is 5.78 Å². The van der Waals surface area contributed by atoms with E-state index in [4.69, 9.17) is 0 Å². The maximum Gasteiger partial charge on any atom is 0.182 e. The molecule has 0 aliphatic heterocycles. The van der Waals surface area contributed by atoms with Crippen LogP contribution in [0.3, 0.4) is 0 Å². The van der Waals surface area contributed by atoms with Crippen molar-refractivity contribution in [1.29, 1.82) is 0 Å². The molecule has 0 aromatic carbocycles. The Morgan fingerprint density at radius 1 is 1.31 bits per heavy atom. The standard InChI is InChI=1S/C11H13NO/c13-11(10-2-1-3-12-10)9-5-7-4-8(7)6-9/h1-3,7-9,12H,4-6H2. The van der Waals surface area contributed by atoms with Gasteiger partial charge in [0, 0.05) is 12.1 Å². The molecule has 2 unspecified atom stereocenters. The van der Waals surface area contributed by atoms with Crippen LogP contribution < -0.4 is 0 Å². The second-order valence-electron chi connectivity index (χ2n) is 4.37. The third-order valence-corrected chi connectivity index (χ3v) is 3.48. The molecule has 1 aromatic heterocycles. The Labute approximate surface area is 77.3 Å². The number of carbonyl (C=O) groups is 1. The first-order chi connectivity index (χ1) is 6.34. The second kappa shape index (κ2) is 2.47. The highest BCUT2D eigenvalue weighted by Gasteiger charge is 2.48. The Morgan fingerprint density at radius 2 is 2.08 bits per heavy atom. The van der Waals surface area contributed by atoms with Crippen LogP contribution in [0.1, 0.15) is 29.8 Å². The molecule has 2 aliphatic rings. The summed E-state index contributed by atoms with van der Waals surface area (Å²) in [7, 11) is 0. The minimum Gasteiger partial charge on any atom is -0.359 e. The first-order valence-electron chi connectivity index (χ1n) is 5.02. The summed E-state index contributed by atoms with van der Waals surface area (Å²) >= 11 is 0. The van der Waals surface area contributed by atoms with Crippen molar-refractivity contribution in [3.8, 4) is 0 Å². The summed E-state index contributed by atoms with van der Waals surface area (Å²) in [5.41, 5.74) is 0.798. The minimum atomic E-state index is 0.322. The van der Waals surface area contributed by atoms with Crippen LogP contribution in [0.15, 0.2) is 18.3 Å². The number of hydrogen-bond donors (Lipinski definition) is 1. The molecule has 0 radical (unpaired) electrons. The van der Waals surface area contributed by atoms with Gasteiger partial charge in [-0.25, -0.2) is 0 Å². The smallest absolute Gasteiger partial charge is 0.182 e. The molecule has 13 heavy (non-hydrogen) atoms. The predicted molar refractivity (Wildman–Crippen MR) is 49.4 cm³/mol. The van der Waals surface area contributed by atoms with Crippen molar-refractivity contribution in [3.63, 3.8) is 0 Å². The molecule has 0 saturated heterocycles.